The maximum Gasteiger partial charge on any atom is 0.330 e. The third-order valence-electron chi connectivity index (χ3n) is 10.2. The Morgan fingerprint density at radius 1 is 0.836 bits per heavy atom. The zero-order valence-corrected chi connectivity index (χ0v) is 38.3. The maximum absolute atomic E-state index is 12.9. The van der Waals surface area contributed by atoms with Gasteiger partial charge >= 0.3 is 17.9 Å². The molecule has 312 valence electrons. The van der Waals surface area contributed by atoms with Crippen LogP contribution in [0, 0.1) is 0 Å². The van der Waals surface area contributed by atoms with E-state index in [1.54, 1.807) is 47.0 Å². The largest absolute Gasteiger partial charge is 0.497 e. The van der Waals surface area contributed by atoms with Gasteiger partial charge in [0.15, 0.2) is 28.5 Å². The summed E-state index contributed by atoms with van der Waals surface area (Å²) in [5.41, 5.74) is 0.827. The molecule has 0 bridgehead atoms. The number of carbonyl (C=O) groups is 3. The summed E-state index contributed by atoms with van der Waals surface area (Å²) in [6, 6.07) is 7.46. The van der Waals surface area contributed by atoms with E-state index in [9.17, 15) is 14.4 Å². The zero-order valence-electron chi connectivity index (χ0n) is 36.3. The summed E-state index contributed by atoms with van der Waals surface area (Å²) in [6.07, 6.45) is -0.731. The molecule has 0 spiro atoms. The van der Waals surface area contributed by atoms with Crippen LogP contribution in [-0.4, -0.2) is 90.7 Å². The number of carbonyl (C=O) groups excluding carboxylic acids is 3. The summed E-state index contributed by atoms with van der Waals surface area (Å²) in [7, 11) is -3.65. The molecule has 14 heteroatoms. The van der Waals surface area contributed by atoms with Crippen molar-refractivity contribution in [3.05, 3.63) is 53.8 Å². The Kier molecular flexibility index (Phi) is 17.0. The van der Waals surface area contributed by atoms with Crippen LogP contribution in [0.5, 0.6) is 5.75 Å². The van der Waals surface area contributed by atoms with Crippen LogP contribution in [0.3, 0.4) is 0 Å². The summed E-state index contributed by atoms with van der Waals surface area (Å²) < 4.78 is 56.1. The number of rotatable bonds is 18. The second-order valence-electron chi connectivity index (χ2n) is 17.4. The maximum atomic E-state index is 12.9. The normalized spacial score (nSPS) is 20.3. The molecular formula is C41H68O12Si2. The van der Waals surface area contributed by atoms with Gasteiger partial charge in [-0.1, -0.05) is 53.7 Å². The highest BCUT2D eigenvalue weighted by atomic mass is 28.4. The lowest BCUT2D eigenvalue weighted by Gasteiger charge is -2.45. The molecule has 0 aliphatic carbocycles. The van der Waals surface area contributed by atoms with Crippen molar-refractivity contribution in [1.82, 2.24) is 0 Å². The van der Waals surface area contributed by atoms with Crippen molar-refractivity contribution in [2.24, 2.45) is 0 Å². The molecule has 12 nitrogen and oxygen atoms in total. The summed E-state index contributed by atoms with van der Waals surface area (Å²) in [5, 5.41) is -0.482. The Balaban J connectivity index is 3.01. The fourth-order valence-electron chi connectivity index (χ4n) is 5.29. The van der Waals surface area contributed by atoms with Gasteiger partial charge in [-0.05, 0) is 93.8 Å². The molecule has 0 amide bonds. The van der Waals surface area contributed by atoms with Crippen LogP contribution in [0.4, 0.5) is 0 Å². The summed E-state index contributed by atoms with van der Waals surface area (Å²) in [5.74, 6) is -1.75. The van der Waals surface area contributed by atoms with E-state index < -0.39 is 77.0 Å². The second kappa shape index (κ2) is 19.4. The highest BCUT2D eigenvalue weighted by Crippen LogP contribution is 2.43. The van der Waals surface area contributed by atoms with Crippen LogP contribution < -0.4 is 4.74 Å². The number of benzene rings is 1. The first-order valence-electron chi connectivity index (χ1n) is 19.0. The molecule has 1 aromatic rings. The van der Waals surface area contributed by atoms with Gasteiger partial charge in [-0.2, -0.15) is 0 Å². The van der Waals surface area contributed by atoms with E-state index >= 15 is 0 Å². The van der Waals surface area contributed by atoms with E-state index in [2.05, 4.69) is 67.7 Å². The minimum Gasteiger partial charge on any atom is -0.497 e. The van der Waals surface area contributed by atoms with Crippen LogP contribution >= 0.6 is 0 Å². The number of hydrogen-bond donors (Lipinski definition) is 0. The fraction of sp³-hybridized carbons (Fsp3) is 0.683. The zero-order chi connectivity index (χ0) is 42.2. The Labute approximate surface area is 331 Å². The van der Waals surface area contributed by atoms with E-state index in [1.807, 2.05) is 24.3 Å². The van der Waals surface area contributed by atoms with Gasteiger partial charge in [0.1, 0.15) is 42.5 Å². The van der Waals surface area contributed by atoms with Crippen molar-refractivity contribution in [2.45, 2.75) is 168 Å². The average Bonchev–Trinajstić information content (AvgIpc) is 3.37. The third-order valence-corrected chi connectivity index (χ3v) is 19.2. The molecule has 6 atom stereocenters. The molecule has 1 aliphatic rings. The molecule has 1 heterocycles. The van der Waals surface area contributed by atoms with Gasteiger partial charge in [0.05, 0.1) is 19.8 Å². The highest BCUT2D eigenvalue weighted by molar-refractivity contribution is 6.74. The SMILES string of the molecule is CCOC(=O)/C=C\C(O[Si](C)(C)C(C)(C)C)[C@H](O[Si](C)(C)C(C)(C)C)/C(=C/[C@@H](OC(C)=O)[C@H]1OC(C)(C)O[C@H]1[C@H](C)OC(C)=O)OCc1ccc(OC)cc1. The van der Waals surface area contributed by atoms with Crippen LogP contribution in [0.15, 0.2) is 48.3 Å². The predicted octanol–water partition coefficient (Wildman–Crippen LogP) is 8.40. The van der Waals surface area contributed by atoms with E-state index in [0.717, 1.165) is 5.56 Å². The minimum atomic E-state index is -2.67. The lowest BCUT2D eigenvalue weighted by atomic mass is 10.0. The van der Waals surface area contributed by atoms with Crippen LogP contribution in [0.2, 0.25) is 36.3 Å². The smallest absolute Gasteiger partial charge is 0.330 e. The predicted molar refractivity (Wildman–Crippen MR) is 216 cm³/mol. The number of ether oxygens (including phenoxy) is 7. The molecule has 55 heavy (non-hydrogen) atoms. The number of esters is 3. The van der Waals surface area contributed by atoms with Crippen molar-refractivity contribution in [3.8, 4) is 5.75 Å². The molecule has 0 saturated carbocycles. The van der Waals surface area contributed by atoms with E-state index in [-0.39, 0.29) is 29.0 Å². The molecule has 1 saturated heterocycles. The fourth-order valence-corrected chi connectivity index (χ4v) is 7.76. The Morgan fingerprint density at radius 3 is 1.85 bits per heavy atom. The van der Waals surface area contributed by atoms with Crippen LogP contribution in [0.25, 0.3) is 0 Å². The van der Waals surface area contributed by atoms with Gasteiger partial charge in [-0.3, -0.25) is 9.59 Å². The summed E-state index contributed by atoms with van der Waals surface area (Å²) in [4.78, 5) is 37.8. The molecule has 1 fully saturated rings. The van der Waals surface area contributed by atoms with Crippen molar-refractivity contribution >= 4 is 34.5 Å². The Bertz CT molecular complexity index is 1490. The van der Waals surface area contributed by atoms with Crippen LogP contribution in [0.1, 0.15) is 88.6 Å². The molecule has 1 aliphatic heterocycles. The second-order valence-corrected chi connectivity index (χ2v) is 26.9. The van der Waals surface area contributed by atoms with Crippen molar-refractivity contribution in [1.29, 1.82) is 0 Å². The van der Waals surface area contributed by atoms with Crippen molar-refractivity contribution in [3.63, 3.8) is 0 Å². The Morgan fingerprint density at radius 2 is 1.36 bits per heavy atom. The lowest BCUT2D eigenvalue weighted by Crippen LogP contribution is -2.52. The molecule has 0 aromatic heterocycles. The van der Waals surface area contributed by atoms with E-state index in [0.29, 0.717) is 5.75 Å². The van der Waals surface area contributed by atoms with Gasteiger partial charge in [0.2, 0.25) is 0 Å². The molecule has 0 radical (unpaired) electrons. The molecule has 2 rings (SSSR count). The van der Waals surface area contributed by atoms with Crippen LogP contribution in [-0.2, 0) is 58.3 Å². The standard InChI is InChI=1S/C41H68O12Si2/c1-18-46-35(44)24-23-32(52-54(14,15)39(5,6)7)37(53-55(16,17)40(8,9)10)33(47-26-30-19-21-31(45-13)22-20-30)25-34(49-29(4)43)38-36(27(2)48-28(3)42)50-41(11,12)51-38/h19-25,27,32,34,36-38H,18,26H2,1-17H3/b24-23-,33-25-/t27-,32?,34+,36-,37-,38+/m0/s1. The van der Waals surface area contributed by atoms with E-state index in [1.165, 1.54) is 19.9 Å². The van der Waals surface area contributed by atoms with Gasteiger partial charge in [0.25, 0.3) is 0 Å². The van der Waals surface area contributed by atoms with Crippen molar-refractivity contribution < 1.29 is 56.4 Å². The number of hydrogen-bond acceptors (Lipinski definition) is 12. The summed E-state index contributed by atoms with van der Waals surface area (Å²) >= 11 is 0. The first kappa shape index (κ1) is 48.1. The first-order chi connectivity index (χ1) is 25.1. The van der Waals surface area contributed by atoms with Gasteiger partial charge in [-0.25, -0.2) is 4.79 Å². The molecule has 1 unspecified atom stereocenters. The topological polar surface area (TPSA) is 134 Å². The monoisotopic (exact) mass is 808 g/mol. The first-order valence-corrected chi connectivity index (χ1v) is 24.8. The van der Waals surface area contributed by atoms with Gasteiger partial charge in [-0.15, -0.1) is 0 Å². The molecule has 1 aromatic carbocycles. The minimum absolute atomic E-state index is 0.0924. The van der Waals surface area contributed by atoms with Crippen molar-refractivity contribution in [2.75, 3.05) is 13.7 Å². The number of methoxy groups -OCH3 is 1. The average molecular weight is 809 g/mol. The highest BCUT2D eigenvalue weighted by Gasteiger charge is 2.51. The third kappa shape index (κ3) is 14.5. The molecule has 0 N–H and O–H groups in total. The molecular weight excluding hydrogens is 741 g/mol. The van der Waals surface area contributed by atoms with E-state index in [4.69, 9.17) is 42.0 Å². The lowest BCUT2D eigenvalue weighted by molar-refractivity contribution is -0.170. The van der Waals surface area contributed by atoms with Gasteiger partial charge < -0.3 is 42.0 Å². The quantitative estimate of drug-likeness (QED) is 0.0464. The Hall–Kier alpha value is -3.02. The van der Waals surface area contributed by atoms with Gasteiger partial charge in [0, 0.05) is 19.9 Å². The summed E-state index contributed by atoms with van der Waals surface area (Å²) in [6.45, 7) is 31.1.